The summed E-state index contributed by atoms with van der Waals surface area (Å²) in [5, 5.41) is 34.5. The van der Waals surface area contributed by atoms with Gasteiger partial charge in [0.05, 0.1) is 0 Å². The Morgan fingerprint density at radius 3 is 0.460 bits per heavy atom. The van der Waals surface area contributed by atoms with Crippen LogP contribution >= 0.6 is 22.6 Å². The number of hydrogen-bond acceptors (Lipinski definition) is 0. The molecule has 13 aromatic rings. The highest BCUT2D eigenvalue weighted by Gasteiger charge is 2.35. The van der Waals surface area contributed by atoms with Crippen LogP contribution in [0.15, 0.2) is 72.8 Å². The van der Waals surface area contributed by atoms with Gasteiger partial charge in [-0.3, -0.25) is 0 Å². The molecule has 0 radical (unpaired) electrons. The van der Waals surface area contributed by atoms with E-state index in [0.717, 1.165) is 0 Å². The van der Waals surface area contributed by atoms with Crippen molar-refractivity contribution in [1.82, 2.24) is 0 Å². The molecule has 0 bridgehead atoms. The van der Waals surface area contributed by atoms with E-state index in [0.29, 0.717) is 0 Å². The van der Waals surface area contributed by atoms with Gasteiger partial charge in [0.2, 0.25) is 0 Å². The Balaban J connectivity index is 1.51. The standard InChI is InChI=1S/C62H57I/c1-58(2,3)28-16-34-36-18-29(59(4,5)6)20-38-40-22-31(61(10,11)12)24-42-44-26-33(63)27-45-43-25-32(62(13,14)15)23-41-39-21-30(60(7,8)9)19-37-35(17-28)46(34)52-53(47(36)38)55(49(40)42)57(51(44)45)56(50(41)43)54(52)48(37)39/h16-27H,1-15H3. The van der Waals surface area contributed by atoms with Gasteiger partial charge < -0.3 is 0 Å². The smallest absolute Gasteiger partial charge is 0.0143 e. The average Bonchev–Trinajstić information content (AvgIpc) is 3.18. The minimum absolute atomic E-state index is 0.0319. The molecular weight excluding hydrogens is 872 g/mol. The molecule has 63 heavy (non-hydrogen) atoms. The highest BCUT2D eigenvalue weighted by atomic mass is 127. The van der Waals surface area contributed by atoms with Crippen LogP contribution in [0, 0.1) is 3.57 Å². The van der Waals surface area contributed by atoms with Crippen molar-refractivity contribution in [2.45, 2.75) is 131 Å². The van der Waals surface area contributed by atoms with Crippen LogP contribution in [0.25, 0.3) is 129 Å². The number of halogens is 1. The van der Waals surface area contributed by atoms with Gasteiger partial charge in [-0.1, -0.05) is 104 Å². The van der Waals surface area contributed by atoms with Gasteiger partial charge in [-0.05, 0) is 280 Å². The molecule has 0 saturated carbocycles. The zero-order valence-electron chi connectivity index (χ0n) is 39.8. The Hall–Kier alpha value is -4.73. The molecule has 1 heteroatoms. The molecule has 0 nitrogen and oxygen atoms in total. The monoisotopic (exact) mass is 928 g/mol. The van der Waals surface area contributed by atoms with E-state index in [1.54, 1.807) is 0 Å². The normalized spacial score (nSPS) is 14.7. The van der Waals surface area contributed by atoms with Crippen molar-refractivity contribution < 1.29 is 0 Å². The first kappa shape index (κ1) is 38.7. The molecule has 0 aliphatic carbocycles. The van der Waals surface area contributed by atoms with Crippen LogP contribution in [0.5, 0.6) is 0 Å². The zero-order valence-corrected chi connectivity index (χ0v) is 42.0. The van der Waals surface area contributed by atoms with Crippen LogP contribution in [-0.2, 0) is 27.1 Å². The van der Waals surface area contributed by atoms with Gasteiger partial charge >= 0.3 is 0 Å². The molecule has 0 heterocycles. The number of fused-ring (bicyclic) bond motifs is 6. The maximum absolute atomic E-state index is 2.62. The molecule has 0 unspecified atom stereocenters. The molecule has 0 fully saturated rings. The first-order valence-corrected chi connectivity index (χ1v) is 24.4. The maximum Gasteiger partial charge on any atom is 0.0143 e. The van der Waals surface area contributed by atoms with E-state index in [-0.39, 0.29) is 27.1 Å². The lowest BCUT2D eigenvalue weighted by Crippen LogP contribution is -2.14. The van der Waals surface area contributed by atoms with E-state index in [9.17, 15) is 0 Å². The molecule has 0 saturated heterocycles. The molecule has 0 spiro atoms. The number of hydrogen-bond donors (Lipinski definition) is 0. The fourth-order valence-corrected chi connectivity index (χ4v) is 13.0. The summed E-state index contributed by atoms with van der Waals surface area (Å²) >= 11 is 2.62. The summed E-state index contributed by atoms with van der Waals surface area (Å²) < 4.78 is 1.30. The van der Waals surface area contributed by atoms with Crippen LogP contribution < -0.4 is 0 Å². The third-order valence-corrected chi connectivity index (χ3v) is 16.5. The number of rotatable bonds is 0. The van der Waals surface area contributed by atoms with Crippen molar-refractivity contribution >= 4 is 152 Å². The highest BCUT2D eigenvalue weighted by molar-refractivity contribution is 14.1. The van der Waals surface area contributed by atoms with Crippen LogP contribution in [0.2, 0.25) is 0 Å². The minimum Gasteiger partial charge on any atom is -0.0561 e. The van der Waals surface area contributed by atoms with Crippen molar-refractivity contribution in [3.8, 4) is 0 Å². The maximum atomic E-state index is 2.62. The second-order valence-corrected chi connectivity index (χ2v) is 26.4. The van der Waals surface area contributed by atoms with E-state index >= 15 is 0 Å². The van der Waals surface area contributed by atoms with Crippen molar-refractivity contribution in [1.29, 1.82) is 0 Å². The first-order chi connectivity index (χ1) is 29.3. The molecule has 0 aliphatic rings. The Bertz CT molecular complexity index is 3870. The van der Waals surface area contributed by atoms with E-state index < -0.39 is 0 Å². The van der Waals surface area contributed by atoms with E-state index in [1.807, 2.05) is 0 Å². The summed E-state index contributed by atoms with van der Waals surface area (Å²) in [7, 11) is 0. The second-order valence-electron chi connectivity index (χ2n) is 25.1. The quantitative estimate of drug-likeness (QED) is 0.0808. The number of benzene rings is 13. The zero-order chi connectivity index (χ0) is 44.3. The van der Waals surface area contributed by atoms with Crippen LogP contribution in [0.4, 0.5) is 0 Å². The Labute approximate surface area is 384 Å². The van der Waals surface area contributed by atoms with Crippen molar-refractivity contribution in [2.24, 2.45) is 0 Å². The van der Waals surface area contributed by atoms with Gasteiger partial charge in [-0.15, -0.1) is 0 Å². The summed E-state index contributed by atoms with van der Waals surface area (Å²) in [6.07, 6.45) is 0. The largest absolute Gasteiger partial charge is 0.0561 e. The molecule has 0 aromatic heterocycles. The average molecular weight is 929 g/mol. The summed E-state index contributed by atoms with van der Waals surface area (Å²) in [6, 6.07) is 31.1. The Kier molecular flexibility index (Phi) is 6.88. The summed E-state index contributed by atoms with van der Waals surface area (Å²) in [6.45, 7) is 36.0. The summed E-state index contributed by atoms with van der Waals surface area (Å²) in [4.78, 5) is 0. The topological polar surface area (TPSA) is 0 Å². The molecule has 0 atom stereocenters. The second kappa shape index (κ2) is 11.2. The van der Waals surface area contributed by atoms with Gasteiger partial charge in [0.1, 0.15) is 0 Å². The SMILES string of the molecule is CC(C)(C)c1cc2c3cc(I)cc4c5cc(C(C)(C)C)cc6c7cc(C(C)(C)C)cc8c9cc(C(C)(C)C)cc%10c%11cc(C(C)(C)C)cc%12c(c1)c2c1c(c34)c(c56)c(c78)c(c%109)c1c%12%11. The lowest BCUT2D eigenvalue weighted by Gasteiger charge is -2.32. The van der Waals surface area contributed by atoms with Gasteiger partial charge in [-0.25, -0.2) is 0 Å². The fourth-order valence-electron chi connectivity index (χ4n) is 12.4. The van der Waals surface area contributed by atoms with Gasteiger partial charge in [0.15, 0.2) is 0 Å². The van der Waals surface area contributed by atoms with Crippen molar-refractivity contribution in [3.63, 3.8) is 0 Å². The third kappa shape index (κ3) is 4.68. The van der Waals surface area contributed by atoms with E-state index in [1.165, 1.54) is 161 Å². The lowest BCUT2D eigenvalue weighted by atomic mass is 9.70. The predicted molar refractivity (Wildman–Crippen MR) is 290 cm³/mol. The van der Waals surface area contributed by atoms with Gasteiger partial charge in [0, 0.05) is 3.57 Å². The lowest BCUT2D eigenvalue weighted by molar-refractivity contribution is 0.591. The molecular formula is C62H57I. The van der Waals surface area contributed by atoms with Crippen LogP contribution in [0.1, 0.15) is 132 Å². The Morgan fingerprint density at radius 1 is 0.206 bits per heavy atom. The van der Waals surface area contributed by atoms with Crippen molar-refractivity contribution in [3.05, 3.63) is 104 Å². The van der Waals surface area contributed by atoms with Crippen LogP contribution in [0.3, 0.4) is 0 Å². The molecule has 0 amide bonds. The molecule has 312 valence electrons. The van der Waals surface area contributed by atoms with Gasteiger partial charge in [0.25, 0.3) is 0 Å². The Morgan fingerprint density at radius 2 is 0.333 bits per heavy atom. The van der Waals surface area contributed by atoms with E-state index in [4.69, 9.17) is 0 Å². The van der Waals surface area contributed by atoms with Crippen LogP contribution in [-0.4, -0.2) is 0 Å². The first-order valence-electron chi connectivity index (χ1n) is 23.4. The molecule has 0 aliphatic heterocycles. The molecule has 13 aromatic carbocycles. The predicted octanol–water partition coefficient (Wildman–Crippen LogP) is 19.2. The van der Waals surface area contributed by atoms with Gasteiger partial charge in [-0.2, -0.15) is 0 Å². The molecule has 13 rings (SSSR count). The third-order valence-electron chi connectivity index (χ3n) is 15.9. The van der Waals surface area contributed by atoms with E-state index in [2.05, 4.69) is 199 Å². The summed E-state index contributed by atoms with van der Waals surface area (Å²) in [5.41, 5.74) is 6.84. The van der Waals surface area contributed by atoms with Crippen molar-refractivity contribution in [2.75, 3.05) is 0 Å². The summed E-state index contributed by atoms with van der Waals surface area (Å²) in [5.74, 6) is 0. The molecule has 0 N–H and O–H groups in total. The minimum atomic E-state index is -0.0405. The fraction of sp³-hybridized carbons (Fsp3) is 0.323. The highest BCUT2D eigenvalue weighted by Crippen LogP contribution is 2.62.